The van der Waals surface area contributed by atoms with Crippen LogP contribution in [0.1, 0.15) is 21.5 Å². The third-order valence-electron chi connectivity index (χ3n) is 4.54. The molecule has 0 saturated carbocycles. The number of amides is 1. The average molecular weight is 401 g/mol. The molecule has 1 heterocycles. The molecule has 6 nitrogen and oxygen atoms in total. The molecular weight excluding hydrogens is 378 g/mol. The van der Waals surface area contributed by atoms with Gasteiger partial charge >= 0.3 is 0 Å². The number of ether oxygens (including phenoxy) is 2. The van der Waals surface area contributed by atoms with Crippen molar-refractivity contribution >= 4 is 21.4 Å². The summed E-state index contributed by atoms with van der Waals surface area (Å²) in [5.41, 5.74) is 2.98. The zero-order valence-electron chi connectivity index (χ0n) is 16.3. The second-order valence-corrected chi connectivity index (χ2v) is 8.78. The molecule has 1 atom stereocenters. The average Bonchev–Trinajstić information content (AvgIpc) is 2.99. The standard InChI is InChI=1S/C21H23NO5S/c1-14-7-15(2)9-18(8-14)22(17-5-6-28(24,25)13-17)21(23)16-10-19(26-3)12-20(11-16)27-4/h5-12,17H,13H2,1-4H3/t17-/m0/s1. The fourth-order valence-electron chi connectivity index (χ4n) is 3.34. The highest BCUT2D eigenvalue weighted by molar-refractivity contribution is 7.94. The van der Waals surface area contributed by atoms with Crippen LogP contribution >= 0.6 is 0 Å². The molecule has 7 heteroatoms. The number of aryl methyl sites for hydroxylation is 2. The molecular formula is C21H23NO5S. The molecule has 0 N–H and O–H groups in total. The van der Waals surface area contributed by atoms with Crippen molar-refractivity contribution in [2.45, 2.75) is 19.9 Å². The summed E-state index contributed by atoms with van der Waals surface area (Å²) in [7, 11) is -0.312. The number of hydrogen-bond donors (Lipinski definition) is 0. The van der Waals surface area contributed by atoms with E-state index in [1.165, 1.54) is 24.5 Å². The van der Waals surface area contributed by atoms with Gasteiger partial charge in [-0.2, -0.15) is 0 Å². The second-order valence-electron chi connectivity index (χ2n) is 6.85. The largest absolute Gasteiger partial charge is 0.497 e. The maximum atomic E-state index is 13.5. The monoisotopic (exact) mass is 401 g/mol. The van der Waals surface area contributed by atoms with Crippen molar-refractivity contribution in [2.24, 2.45) is 0 Å². The Morgan fingerprint density at radius 3 is 2.00 bits per heavy atom. The van der Waals surface area contributed by atoms with Crippen LogP contribution in [0.5, 0.6) is 11.5 Å². The van der Waals surface area contributed by atoms with Gasteiger partial charge in [0.25, 0.3) is 5.91 Å². The molecule has 0 aliphatic carbocycles. The van der Waals surface area contributed by atoms with E-state index >= 15 is 0 Å². The normalized spacial score (nSPS) is 17.4. The Kier molecular flexibility index (Phi) is 5.47. The Bertz CT molecular complexity index is 1000. The summed E-state index contributed by atoms with van der Waals surface area (Å²) in [6, 6.07) is 10.1. The van der Waals surface area contributed by atoms with Crippen LogP contribution in [-0.2, 0) is 9.84 Å². The minimum absolute atomic E-state index is 0.146. The minimum atomic E-state index is -3.33. The fourth-order valence-corrected chi connectivity index (χ4v) is 4.61. The van der Waals surface area contributed by atoms with Crippen molar-refractivity contribution in [2.75, 3.05) is 24.9 Å². The summed E-state index contributed by atoms with van der Waals surface area (Å²) in [6.07, 6.45) is 1.56. The van der Waals surface area contributed by atoms with Crippen molar-refractivity contribution in [1.29, 1.82) is 0 Å². The van der Waals surface area contributed by atoms with E-state index in [0.717, 1.165) is 11.1 Å². The topological polar surface area (TPSA) is 72.9 Å². The summed E-state index contributed by atoms with van der Waals surface area (Å²) in [6.45, 7) is 3.88. The first-order valence-electron chi connectivity index (χ1n) is 8.78. The number of methoxy groups -OCH3 is 2. The second kappa shape index (κ2) is 7.67. The zero-order chi connectivity index (χ0) is 20.5. The number of rotatable bonds is 5. The Morgan fingerprint density at radius 1 is 0.964 bits per heavy atom. The molecule has 148 valence electrons. The Balaban J connectivity index is 2.11. The van der Waals surface area contributed by atoms with Gasteiger partial charge in [-0.25, -0.2) is 8.42 Å². The van der Waals surface area contributed by atoms with Gasteiger partial charge in [-0.15, -0.1) is 0 Å². The van der Waals surface area contributed by atoms with Gasteiger partial charge in [-0.1, -0.05) is 6.07 Å². The number of anilines is 1. The number of sulfone groups is 1. The van der Waals surface area contributed by atoms with E-state index < -0.39 is 15.9 Å². The van der Waals surface area contributed by atoms with E-state index in [4.69, 9.17) is 9.47 Å². The van der Waals surface area contributed by atoms with Crippen LogP contribution in [0.4, 0.5) is 5.69 Å². The Hall–Kier alpha value is -2.80. The summed E-state index contributed by atoms with van der Waals surface area (Å²) >= 11 is 0. The summed E-state index contributed by atoms with van der Waals surface area (Å²) in [5, 5.41) is 1.17. The van der Waals surface area contributed by atoms with Gasteiger partial charge in [0.05, 0.1) is 26.0 Å². The molecule has 2 aromatic rings. The van der Waals surface area contributed by atoms with Crippen molar-refractivity contribution in [1.82, 2.24) is 0 Å². The van der Waals surface area contributed by atoms with Gasteiger partial charge in [-0.05, 0) is 55.3 Å². The number of nitrogens with zero attached hydrogens (tertiary/aromatic N) is 1. The molecule has 1 amide bonds. The molecule has 3 rings (SSSR count). The Morgan fingerprint density at radius 2 is 1.54 bits per heavy atom. The molecule has 28 heavy (non-hydrogen) atoms. The van der Waals surface area contributed by atoms with Gasteiger partial charge in [0.1, 0.15) is 11.5 Å². The van der Waals surface area contributed by atoms with Gasteiger partial charge in [0, 0.05) is 22.7 Å². The highest BCUT2D eigenvalue weighted by Gasteiger charge is 2.32. The highest BCUT2D eigenvalue weighted by Crippen LogP contribution is 2.29. The lowest BCUT2D eigenvalue weighted by atomic mass is 10.1. The first kappa shape index (κ1) is 19.9. The van der Waals surface area contributed by atoms with E-state index in [1.54, 1.807) is 24.3 Å². The maximum absolute atomic E-state index is 13.5. The molecule has 0 bridgehead atoms. The molecule has 1 aliphatic rings. The molecule has 0 saturated heterocycles. The number of hydrogen-bond acceptors (Lipinski definition) is 5. The smallest absolute Gasteiger partial charge is 0.259 e. The minimum Gasteiger partial charge on any atom is -0.497 e. The van der Waals surface area contributed by atoms with Gasteiger partial charge in [0.15, 0.2) is 9.84 Å². The molecule has 0 aromatic heterocycles. The van der Waals surface area contributed by atoms with Crippen LogP contribution in [0.2, 0.25) is 0 Å². The predicted octanol–water partition coefficient (Wildman–Crippen LogP) is 3.28. The summed E-state index contributed by atoms with van der Waals surface area (Å²) < 4.78 is 34.5. The molecule has 2 aromatic carbocycles. The molecule has 0 radical (unpaired) electrons. The van der Waals surface area contributed by atoms with Crippen LogP contribution in [0, 0.1) is 13.8 Å². The first-order chi connectivity index (χ1) is 13.2. The van der Waals surface area contributed by atoms with Gasteiger partial charge in [-0.3, -0.25) is 4.79 Å². The van der Waals surface area contributed by atoms with E-state index in [9.17, 15) is 13.2 Å². The van der Waals surface area contributed by atoms with E-state index in [-0.39, 0.29) is 11.7 Å². The first-order valence-corrected chi connectivity index (χ1v) is 10.5. The lowest BCUT2D eigenvalue weighted by molar-refractivity contribution is 0.0982. The zero-order valence-corrected chi connectivity index (χ0v) is 17.1. The highest BCUT2D eigenvalue weighted by atomic mass is 32.2. The van der Waals surface area contributed by atoms with Crippen molar-refractivity contribution < 1.29 is 22.7 Å². The lowest BCUT2D eigenvalue weighted by Crippen LogP contribution is -2.41. The van der Waals surface area contributed by atoms with Crippen LogP contribution < -0.4 is 14.4 Å². The number of carbonyl (C=O) groups excluding carboxylic acids is 1. The summed E-state index contributed by atoms with van der Waals surface area (Å²) in [4.78, 5) is 15.0. The van der Waals surface area contributed by atoms with E-state index in [2.05, 4.69) is 0 Å². The van der Waals surface area contributed by atoms with Gasteiger partial charge in [0.2, 0.25) is 0 Å². The fraction of sp³-hybridized carbons (Fsp3) is 0.286. The quantitative estimate of drug-likeness (QED) is 0.769. The molecule has 0 fully saturated rings. The van der Waals surface area contributed by atoms with Gasteiger partial charge < -0.3 is 14.4 Å². The Labute approximate surface area is 165 Å². The number of benzene rings is 2. The molecule has 1 aliphatic heterocycles. The molecule has 0 spiro atoms. The van der Waals surface area contributed by atoms with Crippen molar-refractivity contribution in [3.05, 3.63) is 64.6 Å². The van der Waals surface area contributed by atoms with E-state index in [1.807, 2.05) is 32.0 Å². The third kappa shape index (κ3) is 4.20. The lowest BCUT2D eigenvalue weighted by Gasteiger charge is -2.28. The summed E-state index contributed by atoms with van der Waals surface area (Å²) in [5.74, 6) is 0.497. The van der Waals surface area contributed by atoms with Crippen LogP contribution in [-0.4, -0.2) is 40.3 Å². The van der Waals surface area contributed by atoms with Crippen LogP contribution in [0.15, 0.2) is 47.9 Å². The SMILES string of the molecule is COc1cc(OC)cc(C(=O)N(c2cc(C)cc(C)c2)[C@H]2C=CS(=O)(=O)C2)c1. The van der Waals surface area contributed by atoms with Crippen LogP contribution in [0.25, 0.3) is 0 Å². The maximum Gasteiger partial charge on any atom is 0.259 e. The molecule has 0 unspecified atom stereocenters. The van der Waals surface area contributed by atoms with Crippen molar-refractivity contribution in [3.63, 3.8) is 0 Å². The predicted molar refractivity (Wildman–Crippen MR) is 109 cm³/mol. The number of carbonyl (C=O) groups is 1. The van der Waals surface area contributed by atoms with Crippen molar-refractivity contribution in [3.8, 4) is 11.5 Å². The third-order valence-corrected chi connectivity index (χ3v) is 5.92. The van der Waals surface area contributed by atoms with Crippen LogP contribution in [0.3, 0.4) is 0 Å². The van der Waals surface area contributed by atoms with E-state index in [0.29, 0.717) is 22.7 Å².